The molecule has 0 spiro atoms. The lowest BCUT2D eigenvalue weighted by atomic mass is 9.95. The minimum Gasteiger partial charge on any atom is -0.194 e. The summed E-state index contributed by atoms with van der Waals surface area (Å²) in [6, 6.07) is 19.0. The zero-order valence-electron chi connectivity index (χ0n) is 31.1. The fraction of sp³-hybridized carbons (Fsp3) is 0.395. The lowest BCUT2D eigenvalue weighted by Gasteiger charge is -2.25. The van der Waals surface area contributed by atoms with Crippen LogP contribution in [-0.2, 0) is 12.8 Å². The number of halogens is 6. The molecule has 0 atom stereocenters. The van der Waals surface area contributed by atoms with Crippen molar-refractivity contribution in [3.8, 4) is 39.0 Å². The minimum atomic E-state index is -5.61. The zero-order valence-corrected chi connectivity index (χ0v) is 36.0. The molecule has 0 fully saturated rings. The Balaban J connectivity index is 1.20. The summed E-state index contributed by atoms with van der Waals surface area (Å²) in [4.78, 5) is 10.1. The van der Waals surface area contributed by atoms with Gasteiger partial charge in [-0.2, -0.15) is 26.3 Å². The fourth-order valence-corrected chi connectivity index (χ4v) is 13.6. The Kier molecular flexibility index (Phi) is 12.1. The highest BCUT2D eigenvalue weighted by atomic mass is 32.1. The van der Waals surface area contributed by atoms with E-state index in [9.17, 15) is 0 Å². The molecule has 0 saturated carbocycles. The normalized spacial score (nSPS) is 16.2. The zero-order chi connectivity index (χ0) is 39.1. The first kappa shape index (κ1) is 40.7. The average Bonchev–Trinajstić information content (AvgIpc) is 3.99. The highest BCUT2D eigenvalue weighted by Crippen LogP contribution is 2.66. The van der Waals surface area contributed by atoms with Gasteiger partial charge < -0.3 is 0 Å². The molecule has 6 aromatic rings. The van der Waals surface area contributed by atoms with E-state index in [0.717, 1.165) is 77.6 Å². The molecule has 12 heteroatoms. The van der Waals surface area contributed by atoms with Crippen molar-refractivity contribution in [1.29, 1.82) is 0 Å². The van der Waals surface area contributed by atoms with Crippen molar-refractivity contribution < 1.29 is 26.3 Å². The highest BCUT2D eigenvalue weighted by Gasteiger charge is 2.80. The molecule has 55 heavy (non-hydrogen) atoms. The van der Waals surface area contributed by atoms with Crippen LogP contribution in [-0.4, -0.2) is 17.8 Å². The van der Waals surface area contributed by atoms with Crippen LogP contribution in [0.1, 0.15) is 95.8 Å². The molecule has 0 bridgehead atoms. The van der Waals surface area contributed by atoms with E-state index >= 15 is 26.3 Å². The molecule has 0 saturated heterocycles. The third-order valence-corrected chi connectivity index (χ3v) is 17.4. The first-order valence-corrected chi connectivity index (χ1v) is 23.7. The lowest BCUT2D eigenvalue weighted by Crippen LogP contribution is -2.48. The molecule has 0 amide bonds. The summed E-state index contributed by atoms with van der Waals surface area (Å²) in [6.07, 6.45) is 11.5. The first-order chi connectivity index (χ1) is 26.3. The van der Waals surface area contributed by atoms with Crippen LogP contribution in [0, 0.1) is 13.8 Å². The van der Waals surface area contributed by atoms with E-state index in [1.165, 1.54) is 96.9 Å². The van der Waals surface area contributed by atoms with Crippen LogP contribution in [0.4, 0.5) is 26.3 Å². The quantitative estimate of drug-likeness (QED) is 0.0672. The summed E-state index contributed by atoms with van der Waals surface area (Å²) < 4.78 is 94.6. The van der Waals surface area contributed by atoms with Crippen molar-refractivity contribution in [2.45, 2.75) is 110 Å². The smallest absolute Gasteiger partial charge is 0.194 e. The van der Waals surface area contributed by atoms with Crippen LogP contribution in [0.15, 0.2) is 60.7 Å². The molecule has 0 aliphatic heterocycles. The van der Waals surface area contributed by atoms with Crippen LogP contribution >= 0.6 is 68.0 Å². The molecule has 7 rings (SSSR count). The Morgan fingerprint density at radius 2 is 0.764 bits per heavy atom. The van der Waals surface area contributed by atoms with E-state index in [1.807, 2.05) is 24.3 Å². The second kappa shape index (κ2) is 16.4. The van der Waals surface area contributed by atoms with Gasteiger partial charge in [0.25, 0.3) is 0 Å². The standard InChI is InChI=1S/C43H42F6S6/c1-5-7-9-11-13-27-15-17-31(52-27)33-19-21-35(54-33)37-23-29(25(3)50-37)39-40(42(46,47)43(48,49)41(39,44)45)30-24-38(51-26(30)4)36-22-20-34(55-36)32-18-16-28(53-32)14-12-10-8-6-2/h15-24H,5-14H2,1-4H3. The second-order valence-electron chi connectivity index (χ2n) is 14.1. The predicted molar refractivity (Wildman–Crippen MR) is 229 cm³/mol. The number of hydrogen-bond donors (Lipinski definition) is 0. The summed E-state index contributed by atoms with van der Waals surface area (Å²) in [5, 5.41) is 0. The number of alkyl halides is 6. The Hall–Kier alpha value is -2.48. The Morgan fingerprint density at radius 1 is 0.418 bits per heavy atom. The molecule has 0 radical (unpaired) electrons. The van der Waals surface area contributed by atoms with Crippen molar-refractivity contribution in [1.82, 2.24) is 0 Å². The number of allylic oxidation sites excluding steroid dienone is 2. The highest BCUT2D eigenvalue weighted by molar-refractivity contribution is 7.27. The van der Waals surface area contributed by atoms with Gasteiger partial charge in [-0.05, 0) is 111 Å². The maximum atomic E-state index is 16.0. The van der Waals surface area contributed by atoms with E-state index in [2.05, 4.69) is 38.1 Å². The number of hydrogen-bond acceptors (Lipinski definition) is 6. The molecule has 6 heterocycles. The van der Waals surface area contributed by atoms with Gasteiger partial charge in [-0.25, -0.2) is 0 Å². The maximum Gasteiger partial charge on any atom is 0.380 e. The molecule has 1 aliphatic rings. The van der Waals surface area contributed by atoms with Crippen molar-refractivity contribution in [2.24, 2.45) is 0 Å². The molecule has 0 N–H and O–H groups in total. The van der Waals surface area contributed by atoms with E-state index in [4.69, 9.17) is 0 Å². The Bertz CT molecular complexity index is 2130. The number of rotatable bonds is 16. The molecule has 0 unspecified atom stereocenters. The Labute approximate surface area is 343 Å². The summed E-state index contributed by atoms with van der Waals surface area (Å²) >= 11 is 8.73. The SMILES string of the molecule is CCCCCCc1ccc(-c2ccc(-c3cc(C4=C(c5cc(-c6ccc(-c7ccc(CCCCCC)s7)s6)sc5C)C(F)(F)C(F)(F)C4(F)F)c(C)s3)s2)s1. The van der Waals surface area contributed by atoms with Crippen molar-refractivity contribution >= 4 is 79.2 Å². The van der Waals surface area contributed by atoms with Gasteiger partial charge >= 0.3 is 17.8 Å². The molecule has 0 nitrogen and oxygen atoms in total. The molecular weight excluding hydrogens is 823 g/mol. The van der Waals surface area contributed by atoms with E-state index in [-0.39, 0.29) is 20.9 Å². The third kappa shape index (κ3) is 7.77. The van der Waals surface area contributed by atoms with E-state index in [0.29, 0.717) is 9.75 Å². The summed E-state index contributed by atoms with van der Waals surface area (Å²) in [5.41, 5.74) is -3.08. The van der Waals surface area contributed by atoms with Gasteiger partial charge in [0.15, 0.2) is 0 Å². The van der Waals surface area contributed by atoms with Crippen molar-refractivity contribution in [3.05, 3.63) is 91.3 Å². The van der Waals surface area contributed by atoms with Gasteiger partial charge in [0.1, 0.15) is 0 Å². The molecule has 1 aliphatic carbocycles. The van der Waals surface area contributed by atoms with Crippen LogP contribution in [0.5, 0.6) is 0 Å². The maximum absolute atomic E-state index is 16.0. The van der Waals surface area contributed by atoms with Gasteiger partial charge in [-0.3, -0.25) is 0 Å². The topological polar surface area (TPSA) is 0 Å². The van der Waals surface area contributed by atoms with Crippen molar-refractivity contribution in [2.75, 3.05) is 0 Å². The molecule has 0 aromatic carbocycles. The lowest BCUT2D eigenvalue weighted by molar-refractivity contribution is -0.254. The van der Waals surface area contributed by atoms with E-state index < -0.39 is 28.9 Å². The summed E-state index contributed by atoms with van der Waals surface area (Å²) in [7, 11) is 0. The van der Waals surface area contributed by atoms with Gasteiger partial charge in [-0.15, -0.1) is 68.0 Å². The third-order valence-electron chi connectivity index (χ3n) is 10.1. The minimum absolute atomic E-state index is 0.258. The monoisotopic (exact) mass is 864 g/mol. The first-order valence-electron chi connectivity index (χ1n) is 18.8. The van der Waals surface area contributed by atoms with Gasteiger partial charge in [-0.1, -0.05) is 52.4 Å². The average molecular weight is 865 g/mol. The Morgan fingerprint density at radius 3 is 1.15 bits per heavy atom. The van der Waals surface area contributed by atoms with Gasteiger partial charge in [0.2, 0.25) is 0 Å². The number of aryl methyl sites for hydroxylation is 4. The van der Waals surface area contributed by atoms with Gasteiger partial charge in [0, 0.05) is 69.7 Å². The molecule has 292 valence electrons. The second-order valence-corrected chi connectivity index (χ2v) is 21.1. The molecule has 6 aromatic heterocycles. The van der Waals surface area contributed by atoms with Crippen molar-refractivity contribution in [3.63, 3.8) is 0 Å². The van der Waals surface area contributed by atoms with Crippen LogP contribution in [0.25, 0.3) is 50.2 Å². The molecular formula is C43H42F6S6. The number of thiophene rings is 6. The van der Waals surface area contributed by atoms with Crippen LogP contribution in [0.3, 0.4) is 0 Å². The largest absolute Gasteiger partial charge is 0.380 e. The summed E-state index contributed by atoms with van der Waals surface area (Å²) in [5.74, 6) is -15.8. The summed E-state index contributed by atoms with van der Waals surface area (Å²) in [6.45, 7) is 7.45. The van der Waals surface area contributed by atoms with E-state index in [1.54, 1.807) is 22.7 Å². The van der Waals surface area contributed by atoms with Crippen LogP contribution < -0.4 is 0 Å². The van der Waals surface area contributed by atoms with Gasteiger partial charge in [0.05, 0.1) is 0 Å². The number of unbranched alkanes of at least 4 members (excludes halogenated alkanes) is 6. The predicted octanol–water partition coefficient (Wildman–Crippen LogP) is 17.4. The van der Waals surface area contributed by atoms with Crippen LogP contribution in [0.2, 0.25) is 0 Å². The fourth-order valence-electron chi connectivity index (χ4n) is 7.08.